The van der Waals surface area contributed by atoms with E-state index in [0.29, 0.717) is 19.8 Å². The summed E-state index contributed by atoms with van der Waals surface area (Å²) < 4.78 is 68.9. The second kappa shape index (κ2) is 52.6. The largest absolute Gasteiger partial charge is 0.466 e. The van der Waals surface area contributed by atoms with E-state index in [1.165, 1.54) is 90.2 Å². The van der Waals surface area contributed by atoms with Crippen LogP contribution in [0.2, 0.25) is 0 Å². The zero-order valence-corrected chi connectivity index (χ0v) is 65.4. The molecular weight excluding hydrogens is 1300 g/mol. The van der Waals surface area contributed by atoms with Gasteiger partial charge in [-0.05, 0) is 162 Å². The Bertz CT molecular complexity index is 2460. The van der Waals surface area contributed by atoms with Crippen LogP contribution in [0, 0.1) is 5.92 Å². The van der Waals surface area contributed by atoms with E-state index in [9.17, 15) is 67.1 Å². The molecule has 28 nitrogen and oxygen atoms in total. The molecule has 0 aromatic rings. The molecule has 1 aliphatic carbocycles. The van der Waals surface area contributed by atoms with Crippen molar-refractivity contribution in [1.82, 2.24) is 0 Å². The summed E-state index contributed by atoms with van der Waals surface area (Å²) in [5.74, 6) is -6.05. The predicted octanol–water partition coefficient (Wildman–Crippen LogP) is 11.7. The molecule has 0 aliphatic heterocycles. The van der Waals surface area contributed by atoms with Crippen molar-refractivity contribution in [3.8, 4) is 0 Å². The minimum Gasteiger partial charge on any atom is -0.466 e. The van der Waals surface area contributed by atoms with Crippen LogP contribution in [0.1, 0.15) is 284 Å². The highest BCUT2D eigenvalue weighted by Crippen LogP contribution is 2.25. The molecule has 0 radical (unpaired) electrons. The van der Waals surface area contributed by atoms with Crippen molar-refractivity contribution in [2.75, 3.05) is 33.5 Å². The third-order valence-corrected chi connectivity index (χ3v) is 12.1. The van der Waals surface area contributed by atoms with Crippen molar-refractivity contribution >= 4 is 83.6 Å². The lowest BCUT2D eigenvalue weighted by atomic mass is 10.1. The minimum absolute atomic E-state index is 0.00658. The SMILES string of the molecule is CCC(=O)OC(C)(C)C(=O)OC.CCC(=O)OC(C)(C)C(=O)OC(C)C.CCC(=O)OC(C)(C)C(=O)OC1CCCC1.CCC(=O)OC(C)(C)C(=O)OCC(C)C.CCCCOC(=O)C(C)(C)OC(=O)CC.CCCOC(=O)C(C)(C)OC(=O)CC.CCOC(=O)C(C)(C)OC(=O)CC. The predicted molar refractivity (Wildman–Crippen MR) is 364 cm³/mol. The first kappa shape index (κ1) is 103. The van der Waals surface area contributed by atoms with Crippen LogP contribution in [-0.4, -0.2) is 169 Å². The average molecular weight is 1430 g/mol. The number of carbonyl (C=O) groups excluding carboxylic acids is 14. The number of hydrogen-bond donors (Lipinski definition) is 0. The fourth-order valence-corrected chi connectivity index (χ4v) is 6.26. The van der Waals surface area contributed by atoms with E-state index in [1.54, 1.807) is 83.1 Å². The topological polar surface area (TPSA) is 368 Å². The van der Waals surface area contributed by atoms with Crippen LogP contribution >= 0.6 is 0 Å². The molecule has 1 rings (SSSR count). The zero-order chi connectivity index (χ0) is 78.9. The first-order chi connectivity index (χ1) is 45.3. The van der Waals surface area contributed by atoms with Gasteiger partial charge in [0.05, 0.1) is 39.6 Å². The Kier molecular flexibility index (Phi) is 54.5. The Morgan fingerprint density at radius 2 is 0.596 bits per heavy atom. The third-order valence-electron chi connectivity index (χ3n) is 12.1. The lowest BCUT2D eigenvalue weighted by molar-refractivity contribution is -0.181. The number of ether oxygens (including phenoxy) is 14. The summed E-state index contributed by atoms with van der Waals surface area (Å²) in [6.45, 7) is 47.5. The maximum absolute atomic E-state index is 11.8. The van der Waals surface area contributed by atoms with Crippen LogP contribution in [-0.2, 0) is 133 Å². The van der Waals surface area contributed by atoms with E-state index in [-0.39, 0.29) is 75.6 Å². The average Bonchev–Trinajstić information content (AvgIpc) is 1.82. The van der Waals surface area contributed by atoms with Crippen molar-refractivity contribution < 1.29 is 133 Å². The molecule has 1 aliphatic rings. The molecule has 1 fully saturated rings. The molecule has 28 heteroatoms. The number of carbonyl (C=O) groups is 14. The number of unbranched alkanes of at least 4 members (excludes halogenated alkanes) is 1. The fourth-order valence-electron chi connectivity index (χ4n) is 6.26. The quantitative estimate of drug-likeness (QED) is 0.0353. The van der Waals surface area contributed by atoms with Gasteiger partial charge in [0.2, 0.25) is 39.2 Å². The fraction of sp³-hybridized carbons (Fsp3) is 0.803. The number of methoxy groups -OCH3 is 1. The van der Waals surface area contributed by atoms with E-state index < -0.39 is 117 Å². The molecule has 0 heterocycles. The normalized spacial score (nSPS) is 12.0. The number of hydrogen-bond acceptors (Lipinski definition) is 28. The van der Waals surface area contributed by atoms with E-state index in [0.717, 1.165) is 44.9 Å². The molecule has 0 saturated heterocycles. The maximum atomic E-state index is 11.8. The van der Waals surface area contributed by atoms with Crippen LogP contribution in [0.3, 0.4) is 0 Å². The highest BCUT2D eigenvalue weighted by Gasteiger charge is 2.39. The Labute approximate surface area is 589 Å². The van der Waals surface area contributed by atoms with Crippen molar-refractivity contribution in [3.63, 3.8) is 0 Å². The molecule has 0 atom stereocenters. The van der Waals surface area contributed by atoms with E-state index in [4.69, 9.17) is 61.6 Å². The van der Waals surface area contributed by atoms with Crippen LogP contribution in [0.25, 0.3) is 0 Å². The van der Waals surface area contributed by atoms with Gasteiger partial charge < -0.3 is 66.3 Å². The summed E-state index contributed by atoms with van der Waals surface area (Å²) in [6, 6.07) is 0. The molecule has 1 saturated carbocycles. The molecule has 578 valence electrons. The van der Waals surface area contributed by atoms with Gasteiger partial charge in [-0.25, -0.2) is 33.6 Å². The van der Waals surface area contributed by atoms with Gasteiger partial charge in [-0.2, -0.15) is 0 Å². The molecule has 0 bridgehead atoms. The summed E-state index contributed by atoms with van der Waals surface area (Å²) in [4.78, 5) is 157. The minimum atomic E-state index is -1.20. The van der Waals surface area contributed by atoms with Crippen LogP contribution < -0.4 is 0 Å². The van der Waals surface area contributed by atoms with Crippen LogP contribution in [0.5, 0.6) is 0 Å². The molecule has 0 N–H and O–H groups in total. The summed E-state index contributed by atoms with van der Waals surface area (Å²) in [5.41, 5.74) is -8.27. The highest BCUT2D eigenvalue weighted by atomic mass is 16.6. The zero-order valence-electron chi connectivity index (χ0n) is 65.4. The number of rotatable bonds is 31. The van der Waals surface area contributed by atoms with E-state index in [2.05, 4.69) is 4.74 Å². The first-order valence-electron chi connectivity index (χ1n) is 34.0. The molecule has 0 spiro atoms. The van der Waals surface area contributed by atoms with E-state index in [1.807, 2.05) is 27.7 Å². The van der Waals surface area contributed by atoms with Gasteiger partial charge >= 0.3 is 83.6 Å². The van der Waals surface area contributed by atoms with Gasteiger partial charge in [-0.1, -0.05) is 82.6 Å². The first-order valence-corrected chi connectivity index (χ1v) is 34.0. The lowest BCUT2D eigenvalue weighted by Gasteiger charge is -2.24. The van der Waals surface area contributed by atoms with Crippen LogP contribution in [0.15, 0.2) is 0 Å². The van der Waals surface area contributed by atoms with Gasteiger partial charge in [0.25, 0.3) is 0 Å². The summed E-state index contributed by atoms with van der Waals surface area (Å²) in [7, 11) is 1.25. The molecule has 99 heavy (non-hydrogen) atoms. The third kappa shape index (κ3) is 51.4. The molecule has 0 unspecified atom stereocenters. The standard InChI is InChI=1S/C12H20O4.2C11H20O4.2C10H18O4.C9H16O4.C8H14O4/c1-4-10(13)16-12(2,3)11(14)15-9-7-5-6-8-9;1-6-9(12)15-11(4,5)10(13)14-7-8(2)3;1-5-7-8-14-10(13)11(3,4)15-9(12)6-2;1-6-8(11)14-10(4,5)9(12)13-7(2)3;1-5-7-13-9(12)10(3,4)14-8(11)6-2;1-5-7(10)13-9(3,4)8(11)12-6-2;1-5-6(9)12-8(2,3)7(10)11-4/h9H,4-8H2,1-3H3;8H,6-7H2,1-5H3;5-8H2,1-4H3;7H,6H2,1-5H3;5-7H2,1-4H3;5-6H2,1-4H3;5H2,1-4H3. The van der Waals surface area contributed by atoms with Gasteiger partial charge in [0.1, 0.15) is 6.10 Å². The Morgan fingerprint density at radius 1 is 0.333 bits per heavy atom. The maximum Gasteiger partial charge on any atom is 0.350 e. The van der Waals surface area contributed by atoms with Crippen molar-refractivity contribution in [2.24, 2.45) is 5.92 Å². The Morgan fingerprint density at radius 3 is 0.848 bits per heavy atom. The van der Waals surface area contributed by atoms with Crippen molar-refractivity contribution in [3.05, 3.63) is 0 Å². The van der Waals surface area contributed by atoms with Crippen molar-refractivity contribution in [2.45, 2.75) is 335 Å². The monoisotopic (exact) mass is 1430 g/mol. The van der Waals surface area contributed by atoms with Crippen molar-refractivity contribution in [1.29, 1.82) is 0 Å². The Balaban J connectivity index is -0.000000255. The van der Waals surface area contributed by atoms with Gasteiger partial charge in [0.15, 0.2) is 0 Å². The van der Waals surface area contributed by atoms with Crippen LogP contribution in [0.4, 0.5) is 0 Å². The summed E-state index contributed by atoms with van der Waals surface area (Å²) in [5, 5.41) is 0. The van der Waals surface area contributed by atoms with Gasteiger partial charge in [0, 0.05) is 44.9 Å². The molecular formula is C71H126O28. The highest BCUT2D eigenvalue weighted by molar-refractivity contribution is 5.86. The smallest absolute Gasteiger partial charge is 0.350 e. The lowest BCUT2D eigenvalue weighted by Crippen LogP contribution is -2.40. The van der Waals surface area contributed by atoms with Gasteiger partial charge in [-0.3, -0.25) is 33.6 Å². The molecule has 0 aromatic carbocycles. The second-order valence-electron chi connectivity index (χ2n) is 26.0. The summed E-state index contributed by atoms with van der Waals surface area (Å²) >= 11 is 0. The Hall–Kier alpha value is -7.42. The molecule has 0 aromatic heterocycles. The summed E-state index contributed by atoms with van der Waals surface area (Å²) in [6.07, 6.45) is 8.16. The second-order valence-corrected chi connectivity index (χ2v) is 26.0. The van der Waals surface area contributed by atoms with E-state index >= 15 is 0 Å². The van der Waals surface area contributed by atoms with Gasteiger partial charge in [-0.15, -0.1) is 0 Å². The molecule has 0 amide bonds. The number of esters is 14.